The molecule has 1 heterocycles. The number of amides is 1. The summed E-state index contributed by atoms with van der Waals surface area (Å²) >= 11 is 5.95. The van der Waals surface area contributed by atoms with Gasteiger partial charge in [-0.2, -0.15) is 4.39 Å². The minimum atomic E-state index is -0.667. The Kier molecular flexibility index (Phi) is 4.35. The van der Waals surface area contributed by atoms with E-state index >= 15 is 0 Å². The van der Waals surface area contributed by atoms with Gasteiger partial charge in [-0.3, -0.25) is 4.79 Å². The summed E-state index contributed by atoms with van der Waals surface area (Å²) in [5.41, 5.74) is 1.19. The van der Waals surface area contributed by atoms with Crippen LogP contribution < -0.4 is 0 Å². The number of aromatic nitrogens is 1. The van der Waals surface area contributed by atoms with Crippen LogP contribution in [0.3, 0.4) is 0 Å². The summed E-state index contributed by atoms with van der Waals surface area (Å²) in [5.74, 6) is -0.932. The lowest BCUT2D eigenvalue weighted by Crippen LogP contribution is -2.29. The second-order valence-electron chi connectivity index (χ2n) is 4.51. The summed E-state index contributed by atoms with van der Waals surface area (Å²) < 4.78 is 13.1. The first-order valence-electron chi connectivity index (χ1n) is 6.13. The molecule has 1 atom stereocenters. The lowest BCUT2D eigenvalue weighted by molar-refractivity contribution is 0.0742. The second-order valence-corrected chi connectivity index (χ2v) is 4.95. The SMILES string of the molecule is CC(c1cccc(Cl)c1)N(C)C(=O)c1ccnc(F)c1. The highest BCUT2D eigenvalue weighted by molar-refractivity contribution is 6.30. The largest absolute Gasteiger partial charge is 0.335 e. The first-order valence-corrected chi connectivity index (χ1v) is 6.51. The molecule has 104 valence electrons. The fourth-order valence-corrected chi connectivity index (χ4v) is 2.10. The minimum Gasteiger partial charge on any atom is -0.335 e. The minimum absolute atomic E-state index is 0.169. The number of rotatable bonds is 3. The highest BCUT2D eigenvalue weighted by Gasteiger charge is 2.19. The second kappa shape index (κ2) is 6.01. The lowest BCUT2D eigenvalue weighted by atomic mass is 10.1. The van der Waals surface area contributed by atoms with Gasteiger partial charge in [-0.15, -0.1) is 0 Å². The topological polar surface area (TPSA) is 33.2 Å². The van der Waals surface area contributed by atoms with Gasteiger partial charge in [0.05, 0.1) is 6.04 Å². The highest BCUT2D eigenvalue weighted by Crippen LogP contribution is 2.23. The van der Waals surface area contributed by atoms with Crippen molar-refractivity contribution in [3.05, 3.63) is 64.7 Å². The Morgan fingerprint density at radius 2 is 2.10 bits per heavy atom. The number of hydrogen-bond acceptors (Lipinski definition) is 2. The van der Waals surface area contributed by atoms with E-state index in [1.165, 1.54) is 12.3 Å². The van der Waals surface area contributed by atoms with Gasteiger partial charge in [-0.1, -0.05) is 23.7 Å². The summed E-state index contributed by atoms with van der Waals surface area (Å²) in [7, 11) is 1.67. The zero-order valence-electron chi connectivity index (χ0n) is 11.2. The molecule has 0 bridgehead atoms. The molecule has 0 N–H and O–H groups in total. The van der Waals surface area contributed by atoms with E-state index in [1.807, 2.05) is 25.1 Å². The van der Waals surface area contributed by atoms with E-state index in [2.05, 4.69) is 4.98 Å². The van der Waals surface area contributed by atoms with E-state index in [1.54, 1.807) is 18.0 Å². The van der Waals surface area contributed by atoms with E-state index < -0.39 is 5.95 Å². The number of halogens is 2. The third-order valence-corrected chi connectivity index (χ3v) is 3.44. The van der Waals surface area contributed by atoms with Crippen molar-refractivity contribution in [1.29, 1.82) is 0 Å². The molecule has 0 aliphatic carbocycles. The molecule has 20 heavy (non-hydrogen) atoms. The van der Waals surface area contributed by atoms with Gasteiger partial charge in [0, 0.05) is 29.9 Å². The van der Waals surface area contributed by atoms with Crippen molar-refractivity contribution in [2.45, 2.75) is 13.0 Å². The summed E-state index contributed by atoms with van der Waals surface area (Å²) in [6, 6.07) is 9.76. The van der Waals surface area contributed by atoms with E-state index in [9.17, 15) is 9.18 Å². The van der Waals surface area contributed by atoms with Crippen molar-refractivity contribution in [2.24, 2.45) is 0 Å². The normalized spacial score (nSPS) is 12.0. The summed E-state index contributed by atoms with van der Waals surface area (Å²) in [5, 5.41) is 0.616. The predicted molar refractivity (Wildman–Crippen MR) is 76.2 cm³/mol. The molecule has 1 aromatic heterocycles. The van der Waals surface area contributed by atoms with Gasteiger partial charge in [0.25, 0.3) is 5.91 Å². The molecule has 3 nitrogen and oxygen atoms in total. The first-order chi connectivity index (χ1) is 9.49. The zero-order chi connectivity index (χ0) is 14.7. The number of pyridine rings is 1. The molecule has 1 aromatic carbocycles. The fraction of sp³-hybridized carbons (Fsp3) is 0.200. The quantitative estimate of drug-likeness (QED) is 0.808. The van der Waals surface area contributed by atoms with Crippen LogP contribution in [-0.2, 0) is 0 Å². The molecule has 0 radical (unpaired) electrons. The summed E-state index contributed by atoms with van der Waals surface area (Å²) in [6.07, 6.45) is 1.28. The van der Waals surface area contributed by atoms with Crippen molar-refractivity contribution >= 4 is 17.5 Å². The number of carbonyl (C=O) groups is 1. The molecule has 0 saturated carbocycles. The molecule has 0 aliphatic heterocycles. The van der Waals surface area contributed by atoms with Gasteiger partial charge in [0.1, 0.15) is 0 Å². The van der Waals surface area contributed by atoms with Crippen LogP contribution in [0.2, 0.25) is 5.02 Å². The van der Waals surface area contributed by atoms with Gasteiger partial charge in [0.2, 0.25) is 5.95 Å². The van der Waals surface area contributed by atoms with Crippen molar-refractivity contribution in [1.82, 2.24) is 9.88 Å². The van der Waals surface area contributed by atoms with Crippen LogP contribution in [-0.4, -0.2) is 22.8 Å². The number of benzene rings is 1. The Labute approximate surface area is 122 Å². The molecule has 0 fully saturated rings. The molecule has 0 aliphatic rings. The third kappa shape index (κ3) is 3.14. The standard InChI is InChI=1S/C15H14ClFN2O/c1-10(11-4-3-5-13(16)8-11)19(2)15(20)12-6-7-18-14(17)9-12/h3-10H,1-2H3. The van der Waals surface area contributed by atoms with Crippen LogP contribution >= 0.6 is 11.6 Å². The summed E-state index contributed by atoms with van der Waals surface area (Å²) in [6.45, 7) is 1.89. The van der Waals surface area contributed by atoms with Gasteiger partial charge in [0.15, 0.2) is 0 Å². The molecule has 0 saturated heterocycles. The average Bonchev–Trinajstić information content (AvgIpc) is 2.45. The first kappa shape index (κ1) is 14.5. The number of hydrogen-bond donors (Lipinski definition) is 0. The molecule has 2 aromatic rings. The maximum Gasteiger partial charge on any atom is 0.254 e. The Hall–Kier alpha value is -1.94. The van der Waals surface area contributed by atoms with Crippen LogP contribution in [0.25, 0.3) is 0 Å². The average molecular weight is 293 g/mol. The Morgan fingerprint density at radius 1 is 1.35 bits per heavy atom. The fourth-order valence-electron chi connectivity index (χ4n) is 1.91. The van der Waals surface area contributed by atoms with Gasteiger partial charge >= 0.3 is 0 Å². The zero-order valence-corrected chi connectivity index (χ0v) is 11.9. The van der Waals surface area contributed by atoms with Crippen LogP contribution in [0, 0.1) is 5.95 Å². The van der Waals surface area contributed by atoms with E-state index in [0.29, 0.717) is 5.02 Å². The number of nitrogens with zero attached hydrogens (tertiary/aromatic N) is 2. The molecule has 0 spiro atoms. The smallest absolute Gasteiger partial charge is 0.254 e. The van der Waals surface area contributed by atoms with E-state index in [0.717, 1.165) is 11.6 Å². The maximum absolute atomic E-state index is 13.1. The van der Waals surface area contributed by atoms with Crippen molar-refractivity contribution in [3.8, 4) is 0 Å². The molecule has 1 amide bonds. The molecule has 2 rings (SSSR count). The van der Waals surface area contributed by atoms with E-state index in [-0.39, 0.29) is 17.5 Å². The third-order valence-electron chi connectivity index (χ3n) is 3.21. The lowest BCUT2D eigenvalue weighted by Gasteiger charge is -2.25. The molecular weight excluding hydrogens is 279 g/mol. The van der Waals surface area contributed by atoms with Crippen LogP contribution in [0.1, 0.15) is 28.9 Å². The predicted octanol–water partition coefficient (Wildman–Crippen LogP) is 3.71. The van der Waals surface area contributed by atoms with Gasteiger partial charge in [-0.05, 0) is 30.7 Å². The van der Waals surface area contributed by atoms with E-state index in [4.69, 9.17) is 11.6 Å². The molecule has 5 heteroatoms. The highest BCUT2D eigenvalue weighted by atomic mass is 35.5. The Bertz CT molecular complexity index is 633. The van der Waals surface area contributed by atoms with Gasteiger partial charge in [-0.25, -0.2) is 4.98 Å². The van der Waals surface area contributed by atoms with Crippen LogP contribution in [0.5, 0.6) is 0 Å². The van der Waals surface area contributed by atoms with Crippen LogP contribution in [0.15, 0.2) is 42.6 Å². The van der Waals surface area contributed by atoms with Gasteiger partial charge < -0.3 is 4.90 Å². The molecule has 1 unspecified atom stereocenters. The summed E-state index contributed by atoms with van der Waals surface area (Å²) in [4.78, 5) is 17.3. The molecular formula is C15H14ClFN2O. The Balaban J connectivity index is 2.22. The maximum atomic E-state index is 13.1. The number of carbonyl (C=O) groups excluding carboxylic acids is 1. The van der Waals surface area contributed by atoms with Crippen molar-refractivity contribution < 1.29 is 9.18 Å². The van der Waals surface area contributed by atoms with Crippen LogP contribution in [0.4, 0.5) is 4.39 Å². The van der Waals surface area contributed by atoms with Crippen molar-refractivity contribution in [2.75, 3.05) is 7.05 Å². The Morgan fingerprint density at radius 3 is 2.75 bits per heavy atom. The monoisotopic (exact) mass is 292 g/mol. The van der Waals surface area contributed by atoms with Crippen molar-refractivity contribution in [3.63, 3.8) is 0 Å².